The number of thiazole rings is 1. The maximum absolute atomic E-state index is 13.9. The molecule has 5 rings (SSSR count). The van der Waals surface area contributed by atoms with Gasteiger partial charge in [-0.15, -0.1) is 0 Å². The maximum atomic E-state index is 13.9. The van der Waals surface area contributed by atoms with E-state index in [-0.39, 0.29) is 5.91 Å². The number of anilines is 1. The Morgan fingerprint density at radius 2 is 1.78 bits per heavy atom. The average molecular weight is 440 g/mol. The average Bonchev–Trinajstić information content (AvgIpc) is 3.27. The molecule has 0 aliphatic heterocycles. The van der Waals surface area contributed by atoms with Gasteiger partial charge in [0.05, 0.1) is 35.1 Å². The van der Waals surface area contributed by atoms with Crippen LogP contribution in [-0.4, -0.2) is 23.0 Å². The summed E-state index contributed by atoms with van der Waals surface area (Å²) in [5, 5.41) is 2.64. The van der Waals surface area contributed by atoms with Gasteiger partial charge in [0.25, 0.3) is 5.91 Å². The minimum atomic E-state index is -0.171. The summed E-state index contributed by atoms with van der Waals surface area (Å²) >= 11 is 1.50. The lowest BCUT2D eigenvalue weighted by Gasteiger charge is -2.21. The first-order valence-corrected chi connectivity index (χ1v) is 11.1. The molecule has 5 aromatic rings. The largest absolute Gasteiger partial charge is 0.496 e. The Labute approximate surface area is 189 Å². The van der Waals surface area contributed by atoms with Gasteiger partial charge in [0.2, 0.25) is 0 Å². The fraction of sp³-hybridized carbons (Fsp3) is 0.115. The van der Waals surface area contributed by atoms with Crippen molar-refractivity contribution in [1.82, 2.24) is 9.97 Å². The molecule has 0 radical (unpaired) electrons. The van der Waals surface area contributed by atoms with Crippen LogP contribution in [-0.2, 0) is 6.54 Å². The quantitative estimate of drug-likeness (QED) is 0.337. The number of hydrogen-bond acceptors (Lipinski definition) is 5. The van der Waals surface area contributed by atoms with Crippen molar-refractivity contribution in [3.8, 4) is 5.75 Å². The SMILES string of the molecule is COc1cc2ccccc2cc1C(=O)N(Cc1ccccn1)c1nc2c(C)cccc2s1. The number of aromatic nitrogens is 2. The number of benzene rings is 3. The van der Waals surface area contributed by atoms with E-state index in [0.29, 0.717) is 23.0 Å². The van der Waals surface area contributed by atoms with Crippen molar-refractivity contribution in [1.29, 1.82) is 0 Å². The predicted octanol–water partition coefficient (Wildman–Crippen LogP) is 6.01. The Balaban J connectivity index is 1.65. The van der Waals surface area contributed by atoms with Crippen LogP contribution in [0.1, 0.15) is 21.6 Å². The number of ether oxygens (including phenoxy) is 1. The van der Waals surface area contributed by atoms with E-state index in [1.807, 2.05) is 79.7 Å². The number of aryl methyl sites for hydroxylation is 1. The third-order valence-electron chi connectivity index (χ3n) is 5.43. The number of nitrogens with zero attached hydrogens (tertiary/aromatic N) is 3. The summed E-state index contributed by atoms with van der Waals surface area (Å²) in [6, 6.07) is 23.5. The first kappa shape index (κ1) is 20.2. The van der Waals surface area contributed by atoms with Crippen molar-refractivity contribution in [2.24, 2.45) is 0 Å². The smallest absolute Gasteiger partial charge is 0.264 e. The zero-order valence-electron chi connectivity index (χ0n) is 17.8. The fourth-order valence-corrected chi connectivity index (χ4v) is 4.81. The molecule has 32 heavy (non-hydrogen) atoms. The number of carbonyl (C=O) groups is 1. The number of para-hydroxylation sites is 1. The van der Waals surface area contributed by atoms with Crippen LogP contribution < -0.4 is 9.64 Å². The van der Waals surface area contributed by atoms with Gasteiger partial charge in [-0.25, -0.2) is 4.98 Å². The number of fused-ring (bicyclic) bond motifs is 2. The van der Waals surface area contributed by atoms with E-state index in [4.69, 9.17) is 9.72 Å². The summed E-state index contributed by atoms with van der Waals surface area (Å²) in [5.41, 5.74) is 3.28. The predicted molar refractivity (Wildman–Crippen MR) is 130 cm³/mol. The van der Waals surface area contributed by atoms with E-state index in [0.717, 1.165) is 32.2 Å². The van der Waals surface area contributed by atoms with E-state index in [1.165, 1.54) is 11.3 Å². The molecule has 2 heterocycles. The molecule has 0 fully saturated rings. The standard InChI is InChI=1S/C26H21N3O2S/c1-17-8-7-12-23-24(17)28-26(32-23)29(16-20-11-5-6-13-27-20)25(30)21-14-18-9-3-4-10-19(18)15-22(21)31-2/h3-15H,16H2,1-2H3. The summed E-state index contributed by atoms with van der Waals surface area (Å²) in [4.78, 5) is 24.9. The summed E-state index contributed by atoms with van der Waals surface area (Å²) in [6.07, 6.45) is 1.73. The molecule has 0 atom stereocenters. The molecule has 2 aromatic heterocycles. The third kappa shape index (κ3) is 3.69. The van der Waals surface area contributed by atoms with E-state index < -0.39 is 0 Å². The van der Waals surface area contributed by atoms with Crippen LogP contribution in [0.5, 0.6) is 5.75 Å². The molecule has 1 amide bonds. The van der Waals surface area contributed by atoms with Crippen molar-refractivity contribution in [3.63, 3.8) is 0 Å². The van der Waals surface area contributed by atoms with Gasteiger partial charge in [-0.3, -0.25) is 14.7 Å². The molecule has 5 nitrogen and oxygen atoms in total. The second-order valence-electron chi connectivity index (χ2n) is 7.53. The molecule has 0 bridgehead atoms. The summed E-state index contributed by atoms with van der Waals surface area (Å²) in [7, 11) is 1.59. The second kappa shape index (κ2) is 8.40. The van der Waals surface area contributed by atoms with E-state index >= 15 is 0 Å². The number of carbonyl (C=O) groups excluding carboxylic acids is 1. The summed E-state index contributed by atoms with van der Waals surface area (Å²) in [5.74, 6) is 0.368. The first-order chi connectivity index (χ1) is 15.6. The first-order valence-electron chi connectivity index (χ1n) is 10.3. The number of methoxy groups -OCH3 is 1. The van der Waals surface area contributed by atoms with Gasteiger partial charge in [-0.05, 0) is 53.6 Å². The highest BCUT2D eigenvalue weighted by molar-refractivity contribution is 7.22. The summed E-state index contributed by atoms with van der Waals surface area (Å²) in [6.45, 7) is 2.34. The van der Waals surface area contributed by atoms with Crippen LogP contribution in [0.15, 0.2) is 79.0 Å². The van der Waals surface area contributed by atoms with Gasteiger partial charge in [0.1, 0.15) is 5.75 Å². The normalized spacial score (nSPS) is 11.1. The van der Waals surface area contributed by atoms with Gasteiger partial charge in [-0.1, -0.05) is 53.8 Å². The molecule has 0 spiro atoms. The van der Waals surface area contributed by atoms with Crippen molar-refractivity contribution in [2.45, 2.75) is 13.5 Å². The third-order valence-corrected chi connectivity index (χ3v) is 6.47. The lowest BCUT2D eigenvalue weighted by molar-refractivity contribution is 0.0982. The van der Waals surface area contributed by atoms with E-state index in [9.17, 15) is 4.79 Å². The fourth-order valence-electron chi connectivity index (χ4n) is 3.77. The van der Waals surface area contributed by atoms with Gasteiger partial charge >= 0.3 is 0 Å². The Morgan fingerprint density at radius 3 is 2.50 bits per heavy atom. The monoisotopic (exact) mass is 439 g/mol. The molecule has 0 saturated heterocycles. The topological polar surface area (TPSA) is 55.3 Å². The molecule has 0 saturated carbocycles. The molecule has 0 aliphatic rings. The molecule has 6 heteroatoms. The Hall–Kier alpha value is -3.77. The van der Waals surface area contributed by atoms with Crippen LogP contribution in [0.4, 0.5) is 5.13 Å². The van der Waals surface area contributed by atoms with E-state index in [2.05, 4.69) is 4.98 Å². The Kier molecular flexibility index (Phi) is 5.29. The van der Waals surface area contributed by atoms with Crippen LogP contribution >= 0.6 is 11.3 Å². The molecular formula is C26H21N3O2S. The molecule has 158 valence electrons. The van der Waals surface area contributed by atoms with Gasteiger partial charge in [-0.2, -0.15) is 0 Å². The molecule has 0 unspecified atom stereocenters. The van der Waals surface area contributed by atoms with Crippen molar-refractivity contribution in [3.05, 3.63) is 95.8 Å². The number of hydrogen-bond donors (Lipinski definition) is 0. The highest BCUT2D eigenvalue weighted by Gasteiger charge is 2.25. The summed E-state index contributed by atoms with van der Waals surface area (Å²) < 4.78 is 6.65. The van der Waals surface area contributed by atoms with Crippen LogP contribution in [0, 0.1) is 6.92 Å². The van der Waals surface area contributed by atoms with Gasteiger partial charge < -0.3 is 4.74 Å². The Morgan fingerprint density at radius 1 is 1.00 bits per heavy atom. The number of rotatable bonds is 5. The van der Waals surface area contributed by atoms with Gasteiger partial charge in [0.15, 0.2) is 5.13 Å². The molecule has 3 aromatic carbocycles. The lowest BCUT2D eigenvalue weighted by Crippen LogP contribution is -2.31. The van der Waals surface area contributed by atoms with Crippen LogP contribution in [0.25, 0.3) is 21.0 Å². The van der Waals surface area contributed by atoms with E-state index in [1.54, 1.807) is 18.2 Å². The molecule has 0 aliphatic carbocycles. The number of pyridine rings is 1. The van der Waals surface area contributed by atoms with Crippen molar-refractivity contribution in [2.75, 3.05) is 12.0 Å². The van der Waals surface area contributed by atoms with Crippen LogP contribution in [0.2, 0.25) is 0 Å². The van der Waals surface area contributed by atoms with Crippen molar-refractivity contribution < 1.29 is 9.53 Å². The highest BCUT2D eigenvalue weighted by Crippen LogP contribution is 2.34. The van der Waals surface area contributed by atoms with Crippen molar-refractivity contribution >= 4 is 43.4 Å². The lowest BCUT2D eigenvalue weighted by atomic mass is 10.0. The van der Waals surface area contributed by atoms with Gasteiger partial charge in [0, 0.05) is 6.20 Å². The molecule has 0 N–H and O–H groups in total. The zero-order valence-corrected chi connectivity index (χ0v) is 18.6. The second-order valence-corrected chi connectivity index (χ2v) is 8.54. The molecular weight excluding hydrogens is 418 g/mol. The minimum Gasteiger partial charge on any atom is -0.496 e. The maximum Gasteiger partial charge on any atom is 0.264 e. The zero-order chi connectivity index (χ0) is 22.1. The highest BCUT2D eigenvalue weighted by atomic mass is 32.1. The minimum absolute atomic E-state index is 0.171. The number of amides is 1. The Bertz CT molecular complexity index is 1430. The van der Waals surface area contributed by atoms with Crippen LogP contribution in [0.3, 0.4) is 0 Å².